The zero-order valence-corrected chi connectivity index (χ0v) is 11.7. The maximum absolute atomic E-state index is 12.6. The number of aromatic hydroxyl groups is 1. The number of hydrogen-bond acceptors (Lipinski definition) is 5. The zero-order chi connectivity index (χ0) is 15.0. The molecule has 0 radical (unpaired) electrons. The SMILES string of the molecule is CN1C(=O)[C@H]2COC[C@@H]1CN(C(=O)c1cncc(O)c1)C2. The second-order valence-electron chi connectivity index (χ2n) is 5.48. The first-order valence-corrected chi connectivity index (χ1v) is 6.84. The average Bonchev–Trinajstić information content (AvgIpc) is 2.64. The highest BCUT2D eigenvalue weighted by atomic mass is 16.5. The van der Waals surface area contributed by atoms with Crippen LogP contribution in [0.15, 0.2) is 18.5 Å². The first-order valence-electron chi connectivity index (χ1n) is 6.84. The van der Waals surface area contributed by atoms with Crippen molar-refractivity contribution in [3.05, 3.63) is 24.0 Å². The number of carbonyl (C=O) groups is 2. The minimum atomic E-state index is -0.336. The Kier molecular flexibility index (Phi) is 3.50. The molecule has 2 bridgehead atoms. The van der Waals surface area contributed by atoms with Gasteiger partial charge < -0.3 is 19.6 Å². The molecule has 1 aromatic heterocycles. The maximum atomic E-state index is 12.6. The minimum Gasteiger partial charge on any atom is -0.506 e. The van der Waals surface area contributed by atoms with Gasteiger partial charge in [0.1, 0.15) is 5.75 Å². The molecule has 2 aliphatic rings. The van der Waals surface area contributed by atoms with E-state index >= 15 is 0 Å². The van der Waals surface area contributed by atoms with Gasteiger partial charge in [-0.2, -0.15) is 0 Å². The summed E-state index contributed by atoms with van der Waals surface area (Å²) in [5, 5.41) is 9.45. The van der Waals surface area contributed by atoms with Gasteiger partial charge in [0.05, 0.1) is 36.9 Å². The fourth-order valence-electron chi connectivity index (χ4n) is 2.79. The number of aromatic nitrogens is 1. The maximum Gasteiger partial charge on any atom is 0.255 e. The molecule has 3 heterocycles. The van der Waals surface area contributed by atoms with E-state index in [1.807, 2.05) is 0 Å². The second-order valence-corrected chi connectivity index (χ2v) is 5.48. The van der Waals surface area contributed by atoms with Crippen LogP contribution in [0.5, 0.6) is 5.75 Å². The fraction of sp³-hybridized carbons (Fsp3) is 0.500. The van der Waals surface area contributed by atoms with Gasteiger partial charge in [-0.05, 0) is 6.07 Å². The molecule has 2 amide bonds. The highest BCUT2D eigenvalue weighted by Gasteiger charge is 2.38. The predicted molar refractivity (Wildman–Crippen MR) is 72.7 cm³/mol. The Hall–Kier alpha value is -2.15. The first kappa shape index (κ1) is 13.8. The van der Waals surface area contributed by atoms with Crippen LogP contribution in [0.1, 0.15) is 10.4 Å². The van der Waals surface area contributed by atoms with Crippen molar-refractivity contribution in [3.63, 3.8) is 0 Å². The smallest absolute Gasteiger partial charge is 0.255 e. The van der Waals surface area contributed by atoms with E-state index in [-0.39, 0.29) is 29.5 Å². The van der Waals surface area contributed by atoms with E-state index in [2.05, 4.69) is 4.98 Å². The van der Waals surface area contributed by atoms with Crippen LogP contribution in [0, 0.1) is 5.92 Å². The second kappa shape index (κ2) is 5.33. The van der Waals surface area contributed by atoms with E-state index in [0.717, 1.165) is 0 Å². The molecule has 1 N–H and O–H groups in total. The standard InChI is InChI=1S/C14H17N3O4/c1-16-11-6-17(5-10(13(16)19)7-21-8-11)14(20)9-2-12(18)4-15-3-9/h2-4,10-11,18H,5-8H2,1H3/t10-,11+/m1/s1. The molecule has 2 aliphatic heterocycles. The van der Waals surface area contributed by atoms with Crippen LogP contribution < -0.4 is 0 Å². The van der Waals surface area contributed by atoms with Gasteiger partial charge in [0.25, 0.3) is 5.91 Å². The molecule has 0 saturated carbocycles. The van der Waals surface area contributed by atoms with Crippen molar-refractivity contribution in [1.29, 1.82) is 0 Å². The lowest BCUT2D eigenvalue weighted by molar-refractivity contribution is -0.133. The third-order valence-corrected chi connectivity index (χ3v) is 4.00. The summed E-state index contributed by atoms with van der Waals surface area (Å²) in [4.78, 5) is 31.9. The van der Waals surface area contributed by atoms with Gasteiger partial charge in [-0.3, -0.25) is 14.6 Å². The van der Waals surface area contributed by atoms with Crippen LogP contribution in [0.3, 0.4) is 0 Å². The summed E-state index contributed by atoms with van der Waals surface area (Å²) < 4.78 is 5.50. The molecule has 112 valence electrons. The Bertz CT molecular complexity index is 577. The summed E-state index contributed by atoms with van der Waals surface area (Å²) in [6, 6.07) is 1.25. The Labute approximate surface area is 122 Å². The number of rotatable bonds is 1. The van der Waals surface area contributed by atoms with Crippen molar-refractivity contribution in [3.8, 4) is 5.75 Å². The van der Waals surface area contributed by atoms with Crippen LogP contribution in [-0.4, -0.2) is 71.1 Å². The third-order valence-electron chi connectivity index (χ3n) is 4.00. The predicted octanol–water partition coefficient (Wildman–Crippen LogP) is -0.284. The molecule has 2 saturated heterocycles. The number of pyridine rings is 1. The lowest BCUT2D eigenvalue weighted by Gasteiger charge is -2.29. The molecule has 1 aromatic rings. The fourth-order valence-corrected chi connectivity index (χ4v) is 2.79. The highest BCUT2D eigenvalue weighted by Crippen LogP contribution is 2.21. The minimum absolute atomic E-state index is 0.0156. The number of amides is 2. The van der Waals surface area contributed by atoms with Crippen molar-refractivity contribution in [2.75, 3.05) is 33.4 Å². The number of fused-ring (bicyclic) bond motifs is 3. The van der Waals surface area contributed by atoms with Crippen molar-refractivity contribution in [2.24, 2.45) is 5.92 Å². The van der Waals surface area contributed by atoms with E-state index in [1.54, 1.807) is 16.8 Å². The lowest BCUT2D eigenvalue weighted by atomic mass is 10.1. The summed E-state index contributed by atoms with van der Waals surface area (Å²) >= 11 is 0. The first-order chi connectivity index (χ1) is 10.1. The average molecular weight is 291 g/mol. The van der Waals surface area contributed by atoms with E-state index in [1.165, 1.54) is 18.5 Å². The van der Waals surface area contributed by atoms with Gasteiger partial charge >= 0.3 is 0 Å². The van der Waals surface area contributed by atoms with E-state index in [9.17, 15) is 14.7 Å². The summed E-state index contributed by atoms with van der Waals surface area (Å²) in [6.07, 6.45) is 2.70. The van der Waals surface area contributed by atoms with Crippen LogP contribution in [0.25, 0.3) is 0 Å². The molecule has 0 spiro atoms. The summed E-state index contributed by atoms with van der Waals surface area (Å²) in [6.45, 7) is 1.52. The number of nitrogens with zero attached hydrogens (tertiary/aromatic N) is 3. The van der Waals surface area contributed by atoms with Gasteiger partial charge in [-0.1, -0.05) is 0 Å². The van der Waals surface area contributed by atoms with Crippen molar-refractivity contribution in [2.45, 2.75) is 6.04 Å². The zero-order valence-electron chi connectivity index (χ0n) is 11.7. The molecule has 0 unspecified atom stereocenters. The molecule has 7 nitrogen and oxygen atoms in total. The Morgan fingerprint density at radius 3 is 2.95 bits per heavy atom. The number of ether oxygens (including phenoxy) is 1. The largest absolute Gasteiger partial charge is 0.506 e. The Morgan fingerprint density at radius 2 is 2.19 bits per heavy atom. The quantitative estimate of drug-likeness (QED) is 0.769. The number of likely N-dealkylation sites (N-methyl/N-ethyl adjacent to an activating group) is 1. The van der Waals surface area contributed by atoms with Crippen LogP contribution in [0.4, 0.5) is 0 Å². The van der Waals surface area contributed by atoms with Gasteiger partial charge in [0.15, 0.2) is 0 Å². The van der Waals surface area contributed by atoms with E-state index in [0.29, 0.717) is 31.9 Å². The van der Waals surface area contributed by atoms with E-state index < -0.39 is 0 Å². The van der Waals surface area contributed by atoms with Crippen LogP contribution in [-0.2, 0) is 9.53 Å². The van der Waals surface area contributed by atoms with Gasteiger partial charge in [0.2, 0.25) is 5.91 Å². The Morgan fingerprint density at radius 1 is 1.38 bits per heavy atom. The number of carbonyl (C=O) groups excluding carboxylic acids is 2. The molecule has 0 aromatic carbocycles. The topological polar surface area (TPSA) is 83.0 Å². The summed E-state index contributed by atoms with van der Waals surface area (Å²) in [7, 11) is 1.75. The van der Waals surface area contributed by atoms with Gasteiger partial charge in [0, 0.05) is 26.3 Å². The molecule has 7 heteroatoms. The summed E-state index contributed by atoms with van der Waals surface area (Å²) in [5.41, 5.74) is 0.325. The normalized spacial score (nSPS) is 25.7. The van der Waals surface area contributed by atoms with Crippen LogP contribution in [0.2, 0.25) is 0 Å². The van der Waals surface area contributed by atoms with Crippen LogP contribution >= 0.6 is 0 Å². The third kappa shape index (κ3) is 2.56. The highest BCUT2D eigenvalue weighted by molar-refractivity contribution is 5.95. The molecule has 0 aliphatic carbocycles. The lowest BCUT2D eigenvalue weighted by Crippen LogP contribution is -2.45. The monoisotopic (exact) mass is 291 g/mol. The Balaban J connectivity index is 1.86. The van der Waals surface area contributed by atoms with E-state index in [4.69, 9.17) is 4.74 Å². The molecule has 2 fully saturated rings. The molecule has 2 atom stereocenters. The molecule has 3 rings (SSSR count). The summed E-state index contributed by atoms with van der Waals surface area (Å²) in [5.74, 6) is -0.593. The molecule has 21 heavy (non-hydrogen) atoms. The molecular weight excluding hydrogens is 274 g/mol. The van der Waals surface area contributed by atoms with Crippen molar-refractivity contribution in [1.82, 2.24) is 14.8 Å². The van der Waals surface area contributed by atoms with Crippen molar-refractivity contribution >= 4 is 11.8 Å². The van der Waals surface area contributed by atoms with Crippen molar-refractivity contribution < 1.29 is 19.4 Å². The van der Waals surface area contributed by atoms with Gasteiger partial charge in [-0.25, -0.2) is 0 Å². The number of hydrogen-bond donors (Lipinski definition) is 1. The van der Waals surface area contributed by atoms with Gasteiger partial charge in [-0.15, -0.1) is 0 Å². The molecular formula is C14H17N3O4.